The molecule has 2 saturated heterocycles. The van der Waals surface area contributed by atoms with Gasteiger partial charge in [0.1, 0.15) is 0 Å². The van der Waals surface area contributed by atoms with Crippen LogP contribution in [0.3, 0.4) is 0 Å². The molecule has 2 heterocycles. The summed E-state index contributed by atoms with van der Waals surface area (Å²) in [6, 6.07) is 7.21. The standard InChI is InChI=1S/C19H31BN2O5S/c1-18(2)19(3,4)27-20(26-18)15-7-5-8-16(13-15)21-28(24,25)12-11-22-10-6-9-17(22)14-23/h5,7-8,13,17,21,23H,6,9-12,14H2,1-4H3. The number of benzene rings is 1. The Labute approximate surface area is 168 Å². The summed E-state index contributed by atoms with van der Waals surface area (Å²) in [5.74, 6) is -0.00970. The molecule has 2 fully saturated rings. The zero-order chi connectivity index (χ0) is 20.6. The molecule has 1 atom stereocenters. The molecule has 9 heteroatoms. The summed E-state index contributed by atoms with van der Waals surface area (Å²) in [6.07, 6.45) is 1.91. The highest BCUT2D eigenvalue weighted by molar-refractivity contribution is 7.92. The van der Waals surface area contributed by atoms with E-state index >= 15 is 0 Å². The Morgan fingerprint density at radius 3 is 2.57 bits per heavy atom. The lowest BCUT2D eigenvalue weighted by Gasteiger charge is -2.32. The van der Waals surface area contributed by atoms with Crippen LogP contribution in [0.5, 0.6) is 0 Å². The van der Waals surface area contributed by atoms with Crippen LogP contribution in [-0.4, -0.2) is 68.2 Å². The second-order valence-electron chi connectivity index (χ2n) is 8.65. The van der Waals surface area contributed by atoms with Crippen LogP contribution >= 0.6 is 0 Å². The fraction of sp³-hybridized carbons (Fsp3) is 0.684. The second kappa shape index (κ2) is 7.95. The van der Waals surface area contributed by atoms with Crippen molar-refractivity contribution in [3.63, 3.8) is 0 Å². The average molecular weight is 410 g/mol. The fourth-order valence-electron chi connectivity index (χ4n) is 3.59. The van der Waals surface area contributed by atoms with Gasteiger partial charge in [0, 0.05) is 18.3 Å². The number of aliphatic hydroxyl groups excluding tert-OH is 1. The Bertz CT molecular complexity index is 783. The third-order valence-electron chi connectivity index (χ3n) is 6.04. The SMILES string of the molecule is CC1(C)OB(c2cccc(NS(=O)(=O)CCN3CCCC3CO)c2)OC1(C)C. The Balaban J connectivity index is 1.64. The van der Waals surface area contributed by atoms with E-state index in [4.69, 9.17) is 9.31 Å². The van der Waals surface area contributed by atoms with Crippen LogP contribution in [0.1, 0.15) is 40.5 Å². The zero-order valence-corrected chi connectivity index (χ0v) is 18.0. The van der Waals surface area contributed by atoms with Crippen molar-refractivity contribution in [3.05, 3.63) is 24.3 Å². The lowest BCUT2D eigenvalue weighted by Crippen LogP contribution is -2.41. The summed E-state index contributed by atoms with van der Waals surface area (Å²) in [4.78, 5) is 2.04. The number of likely N-dealkylation sites (tertiary alicyclic amines) is 1. The van der Waals surface area contributed by atoms with Crippen molar-refractivity contribution in [1.82, 2.24) is 4.90 Å². The molecule has 0 amide bonds. The van der Waals surface area contributed by atoms with Gasteiger partial charge in [0.2, 0.25) is 10.0 Å². The predicted octanol–water partition coefficient (Wildman–Crippen LogP) is 1.18. The summed E-state index contributed by atoms with van der Waals surface area (Å²) < 4.78 is 39.8. The maximum atomic E-state index is 12.5. The molecule has 0 saturated carbocycles. The van der Waals surface area contributed by atoms with Gasteiger partial charge in [0.15, 0.2) is 0 Å². The number of nitrogens with zero attached hydrogens (tertiary/aromatic N) is 1. The first-order chi connectivity index (χ1) is 13.0. The van der Waals surface area contributed by atoms with Crippen LogP contribution in [0.4, 0.5) is 5.69 Å². The minimum atomic E-state index is -3.49. The highest BCUT2D eigenvalue weighted by atomic mass is 32.2. The second-order valence-corrected chi connectivity index (χ2v) is 10.5. The molecule has 3 rings (SSSR count). The maximum absolute atomic E-state index is 12.5. The largest absolute Gasteiger partial charge is 0.494 e. The minimum Gasteiger partial charge on any atom is -0.399 e. The van der Waals surface area contributed by atoms with Gasteiger partial charge in [0.05, 0.1) is 23.6 Å². The number of nitrogens with one attached hydrogen (secondary N) is 1. The summed E-state index contributed by atoms with van der Waals surface area (Å²) in [7, 11) is -4.03. The quantitative estimate of drug-likeness (QED) is 0.657. The number of aliphatic hydroxyl groups is 1. The zero-order valence-electron chi connectivity index (χ0n) is 17.1. The van der Waals surface area contributed by atoms with Crippen LogP contribution in [0.2, 0.25) is 0 Å². The van der Waals surface area contributed by atoms with Crippen LogP contribution in [-0.2, 0) is 19.3 Å². The molecule has 156 valence electrons. The molecule has 2 N–H and O–H groups in total. The van der Waals surface area contributed by atoms with Gasteiger partial charge in [-0.05, 0) is 64.7 Å². The lowest BCUT2D eigenvalue weighted by atomic mass is 9.79. The molecule has 2 aliphatic heterocycles. The summed E-state index contributed by atoms with van der Waals surface area (Å²) >= 11 is 0. The van der Waals surface area contributed by atoms with Gasteiger partial charge in [-0.2, -0.15) is 0 Å². The van der Waals surface area contributed by atoms with Crippen molar-refractivity contribution in [2.45, 2.75) is 57.8 Å². The van der Waals surface area contributed by atoms with Crippen LogP contribution in [0, 0.1) is 0 Å². The predicted molar refractivity (Wildman–Crippen MR) is 111 cm³/mol. The first-order valence-corrected chi connectivity index (χ1v) is 11.5. The van der Waals surface area contributed by atoms with Crippen molar-refractivity contribution < 1.29 is 22.8 Å². The van der Waals surface area contributed by atoms with Gasteiger partial charge < -0.3 is 14.4 Å². The van der Waals surface area contributed by atoms with Gasteiger partial charge in [-0.15, -0.1) is 0 Å². The number of anilines is 1. The minimum absolute atomic E-state index is 0.00970. The van der Waals surface area contributed by atoms with Crippen molar-refractivity contribution in [2.24, 2.45) is 0 Å². The molecule has 0 aliphatic carbocycles. The van der Waals surface area contributed by atoms with Gasteiger partial charge in [-0.3, -0.25) is 9.62 Å². The monoisotopic (exact) mass is 410 g/mol. The van der Waals surface area contributed by atoms with Crippen molar-refractivity contribution in [1.29, 1.82) is 0 Å². The number of hydrogen-bond donors (Lipinski definition) is 2. The van der Waals surface area contributed by atoms with Crippen molar-refractivity contribution in [2.75, 3.05) is 30.2 Å². The average Bonchev–Trinajstić information content (AvgIpc) is 3.14. The molecule has 28 heavy (non-hydrogen) atoms. The van der Waals surface area contributed by atoms with Gasteiger partial charge in [-0.1, -0.05) is 12.1 Å². The van der Waals surface area contributed by atoms with E-state index in [2.05, 4.69) is 4.72 Å². The first kappa shape index (κ1) is 21.6. The fourth-order valence-corrected chi connectivity index (χ4v) is 4.66. The number of rotatable bonds is 7. The smallest absolute Gasteiger partial charge is 0.399 e. The molecule has 0 aromatic heterocycles. The van der Waals surface area contributed by atoms with E-state index in [-0.39, 0.29) is 18.4 Å². The maximum Gasteiger partial charge on any atom is 0.494 e. The number of sulfonamides is 1. The molecule has 1 aromatic rings. The Hall–Kier alpha value is -1.13. The Morgan fingerprint density at radius 2 is 1.93 bits per heavy atom. The van der Waals surface area contributed by atoms with E-state index in [1.165, 1.54) is 0 Å². The molecule has 0 bridgehead atoms. The third-order valence-corrected chi connectivity index (χ3v) is 7.31. The van der Waals surface area contributed by atoms with Gasteiger partial charge in [-0.25, -0.2) is 8.42 Å². The van der Waals surface area contributed by atoms with Crippen LogP contribution in [0.25, 0.3) is 0 Å². The molecular formula is C19H31BN2O5S. The molecule has 0 spiro atoms. The summed E-state index contributed by atoms with van der Waals surface area (Å²) in [5, 5.41) is 9.38. The molecule has 7 nitrogen and oxygen atoms in total. The van der Waals surface area contributed by atoms with Crippen molar-refractivity contribution in [3.8, 4) is 0 Å². The summed E-state index contributed by atoms with van der Waals surface area (Å²) in [5.41, 5.74) is 0.365. The third kappa shape index (κ3) is 4.71. The topological polar surface area (TPSA) is 88.1 Å². The van der Waals surface area contributed by atoms with E-state index in [1.807, 2.05) is 38.7 Å². The molecule has 1 aromatic carbocycles. The lowest BCUT2D eigenvalue weighted by molar-refractivity contribution is 0.00578. The van der Waals surface area contributed by atoms with Crippen molar-refractivity contribution >= 4 is 28.3 Å². The van der Waals surface area contributed by atoms with E-state index < -0.39 is 28.3 Å². The highest BCUT2D eigenvalue weighted by Gasteiger charge is 2.51. The Morgan fingerprint density at radius 1 is 1.25 bits per heavy atom. The van der Waals surface area contributed by atoms with Crippen LogP contribution in [0.15, 0.2) is 24.3 Å². The molecular weight excluding hydrogens is 379 g/mol. The molecule has 0 radical (unpaired) electrons. The Kier molecular flexibility index (Phi) is 6.13. The summed E-state index contributed by atoms with van der Waals surface area (Å²) in [6.45, 7) is 9.25. The molecule has 2 aliphatic rings. The van der Waals surface area contributed by atoms with Gasteiger partial charge >= 0.3 is 7.12 Å². The van der Waals surface area contributed by atoms with E-state index in [1.54, 1.807) is 18.2 Å². The highest BCUT2D eigenvalue weighted by Crippen LogP contribution is 2.36. The normalized spacial score (nSPS) is 24.6. The van der Waals surface area contributed by atoms with E-state index in [9.17, 15) is 13.5 Å². The molecule has 1 unspecified atom stereocenters. The van der Waals surface area contributed by atoms with Crippen LogP contribution < -0.4 is 10.2 Å². The van der Waals surface area contributed by atoms with Gasteiger partial charge in [0.25, 0.3) is 0 Å². The number of hydrogen-bond acceptors (Lipinski definition) is 6. The van der Waals surface area contributed by atoms with E-state index in [0.717, 1.165) is 24.8 Å². The van der Waals surface area contributed by atoms with E-state index in [0.29, 0.717) is 12.2 Å². The first-order valence-electron chi connectivity index (χ1n) is 9.84.